The standard InChI is InChI=1S/C13H13NO3/c1-3-14-6-10(7-15)11-5-9(13(16)17)4-8(2)12(11)14/h4-7H,3H2,1-2H3,(H,16,17). The largest absolute Gasteiger partial charge is 0.478 e. The van der Waals surface area contributed by atoms with Gasteiger partial charge in [-0.1, -0.05) is 0 Å². The summed E-state index contributed by atoms with van der Waals surface area (Å²) in [5.41, 5.74) is 2.55. The predicted octanol–water partition coefficient (Wildman–Crippen LogP) is 2.48. The van der Waals surface area contributed by atoms with Crippen LogP contribution in [0, 0.1) is 6.92 Å². The second kappa shape index (κ2) is 4.05. The van der Waals surface area contributed by atoms with Gasteiger partial charge >= 0.3 is 5.97 Å². The van der Waals surface area contributed by atoms with Gasteiger partial charge in [0.2, 0.25) is 0 Å². The molecule has 0 aliphatic rings. The van der Waals surface area contributed by atoms with E-state index in [1.165, 1.54) is 0 Å². The molecule has 0 saturated carbocycles. The minimum Gasteiger partial charge on any atom is -0.478 e. The summed E-state index contributed by atoms with van der Waals surface area (Å²) in [4.78, 5) is 22.0. The number of aldehydes is 1. The summed E-state index contributed by atoms with van der Waals surface area (Å²) in [6, 6.07) is 3.19. The predicted molar refractivity (Wildman–Crippen MR) is 64.7 cm³/mol. The number of hydrogen-bond donors (Lipinski definition) is 1. The van der Waals surface area contributed by atoms with Gasteiger partial charge in [0.15, 0.2) is 6.29 Å². The average Bonchev–Trinajstić information content (AvgIpc) is 2.67. The third kappa shape index (κ3) is 1.71. The molecule has 0 atom stereocenters. The van der Waals surface area contributed by atoms with Crippen LogP contribution in [-0.2, 0) is 6.54 Å². The Labute approximate surface area is 98.5 Å². The van der Waals surface area contributed by atoms with E-state index < -0.39 is 5.97 Å². The topological polar surface area (TPSA) is 59.3 Å². The van der Waals surface area contributed by atoms with Gasteiger partial charge < -0.3 is 9.67 Å². The molecule has 0 saturated heterocycles. The van der Waals surface area contributed by atoms with Gasteiger partial charge in [0, 0.05) is 23.7 Å². The molecule has 0 aliphatic heterocycles. The van der Waals surface area contributed by atoms with Crippen LogP contribution in [0.5, 0.6) is 0 Å². The Morgan fingerprint density at radius 1 is 1.47 bits per heavy atom. The Bertz CT molecular complexity index is 611. The van der Waals surface area contributed by atoms with Crippen molar-refractivity contribution in [1.29, 1.82) is 0 Å². The molecule has 1 aromatic carbocycles. The molecule has 0 spiro atoms. The molecule has 0 amide bonds. The highest BCUT2D eigenvalue weighted by Gasteiger charge is 2.13. The second-order valence-electron chi connectivity index (χ2n) is 3.98. The van der Waals surface area contributed by atoms with Gasteiger partial charge in [0.1, 0.15) is 0 Å². The SMILES string of the molecule is CCn1cc(C=O)c2cc(C(=O)O)cc(C)c21. The van der Waals surface area contributed by atoms with Crippen molar-refractivity contribution in [2.75, 3.05) is 0 Å². The summed E-state index contributed by atoms with van der Waals surface area (Å²) >= 11 is 0. The van der Waals surface area contributed by atoms with Crippen LogP contribution in [0.2, 0.25) is 0 Å². The van der Waals surface area contributed by atoms with E-state index in [4.69, 9.17) is 5.11 Å². The van der Waals surface area contributed by atoms with Gasteiger partial charge in [0.05, 0.1) is 11.1 Å². The first-order valence-electron chi connectivity index (χ1n) is 5.40. The lowest BCUT2D eigenvalue weighted by Gasteiger charge is -2.05. The van der Waals surface area contributed by atoms with Crippen molar-refractivity contribution in [2.24, 2.45) is 0 Å². The number of aromatic nitrogens is 1. The molecule has 0 aliphatic carbocycles. The number of carboxylic acid groups (broad SMARTS) is 1. The van der Waals surface area contributed by atoms with Crippen molar-refractivity contribution in [2.45, 2.75) is 20.4 Å². The lowest BCUT2D eigenvalue weighted by Crippen LogP contribution is -1.99. The zero-order chi connectivity index (χ0) is 12.6. The van der Waals surface area contributed by atoms with Gasteiger partial charge in [-0.25, -0.2) is 4.79 Å². The number of carbonyl (C=O) groups excluding carboxylic acids is 1. The van der Waals surface area contributed by atoms with E-state index in [9.17, 15) is 9.59 Å². The van der Waals surface area contributed by atoms with Gasteiger partial charge in [0.25, 0.3) is 0 Å². The number of nitrogens with zero attached hydrogens (tertiary/aromatic N) is 1. The highest BCUT2D eigenvalue weighted by molar-refractivity contribution is 6.02. The van der Waals surface area contributed by atoms with Crippen molar-refractivity contribution >= 4 is 23.2 Å². The maximum absolute atomic E-state index is 11.0. The summed E-state index contributed by atoms with van der Waals surface area (Å²) in [5, 5.41) is 9.71. The first-order chi connectivity index (χ1) is 8.08. The first kappa shape index (κ1) is 11.4. The van der Waals surface area contributed by atoms with Crippen molar-refractivity contribution < 1.29 is 14.7 Å². The number of hydrogen-bond acceptors (Lipinski definition) is 2. The highest BCUT2D eigenvalue weighted by atomic mass is 16.4. The molecule has 0 fully saturated rings. The highest BCUT2D eigenvalue weighted by Crippen LogP contribution is 2.25. The summed E-state index contributed by atoms with van der Waals surface area (Å²) in [7, 11) is 0. The van der Waals surface area contributed by atoms with Gasteiger partial charge in [-0.15, -0.1) is 0 Å². The van der Waals surface area contributed by atoms with Gasteiger partial charge in [-0.05, 0) is 31.5 Å². The normalized spacial score (nSPS) is 10.7. The van der Waals surface area contributed by atoms with Crippen LogP contribution in [0.15, 0.2) is 18.3 Å². The number of carboxylic acids is 1. The van der Waals surface area contributed by atoms with Crippen LogP contribution in [0.1, 0.15) is 33.2 Å². The van der Waals surface area contributed by atoms with Crippen molar-refractivity contribution in [3.63, 3.8) is 0 Å². The summed E-state index contributed by atoms with van der Waals surface area (Å²) in [6.07, 6.45) is 2.52. The van der Waals surface area contributed by atoms with E-state index in [1.54, 1.807) is 18.3 Å². The van der Waals surface area contributed by atoms with Crippen LogP contribution in [0.25, 0.3) is 10.9 Å². The second-order valence-corrected chi connectivity index (χ2v) is 3.98. The number of fused-ring (bicyclic) bond motifs is 1. The Hall–Kier alpha value is -2.10. The van der Waals surface area contributed by atoms with Gasteiger partial charge in [-0.3, -0.25) is 4.79 Å². The minimum atomic E-state index is -0.976. The maximum atomic E-state index is 11.0. The van der Waals surface area contributed by atoms with E-state index in [-0.39, 0.29) is 5.56 Å². The summed E-state index contributed by atoms with van der Waals surface area (Å²) < 4.78 is 1.96. The Kier molecular flexibility index (Phi) is 2.71. The molecule has 17 heavy (non-hydrogen) atoms. The smallest absolute Gasteiger partial charge is 0.335 e. The monoisotopic (exact) mass is 231 g/mol. The zero-order valence-corrected chi connectivity index (χ0v) is 9.73. The van der Waals surface area contributed by atoms with E-state index in [0.717, 1.165) is 23.9 Å². The van der Waals surface area contributed by atoms with Crippen molar-refractivity contribution in [3.8, 4) is 0 Å². The number of carbonyl (C=O) groups is 2. The molecule has 0 radical (unpaired) electrons. The third-order valence-corrected chi connectivity index (χ3v) is 2.91. The van der Waals surface area contributed by atoms with E-state index in [2.05, 4.69) is 0 Å². The molecule has 2 rings (SSSR count). The molecule has 0 bridgehead atoms. The lowest BCUT2D eigenvalue weighted by atomic mass is 10.1. The fraction of sp³-hybridized carbons (Fsp3) is 0.231. The van der Waals surface area contributed by atoms with E-state index in [1.807, 2.05) is 18.4 Å². The number of benzene rings is 1. The maximum Gasteiger partial charge on any atom is 0.335 e. The molecule has 0 unspecified atom stereocenters. The minimum absolute atomic E-state index is 0.215. The quantitative estimate of drug-likeness (QED) is 0.825. The van der Waals surface area contributed by atoms with E-state index >= 15 is 0 Å². The summed E-state index contributed by atoms with van der Waals surface area (Å²) in [5.74, 6) is -0.976. The number of aromatic carboxylic acids is 1. The average molecular weight is 231 g/mol. The van der Waals surface area contributed by atoms with Crippen molar-refractivity contribution in [3.05, 3.63) is 35.0 Å². The van der Waals surface area contributed by atoms with Crippen LogP contribution in [0.4, 0.5) is 0 Å². The Balaban J connectivity index is 2.86. The number of rotatable bonds is 3. The Morgan fingerprint density at radius 3 is 2.71 bits per heavy atom. The van der Waals surface area contributed by atoms with E-state index in [0.29, 0.717) is 10.9 Å². The summed E-state index contributed by atoms with van der Waals surface area (Å²) in [6.45, 7) is 4.59. The molecule has 4 heteroatoms. The molecule has 4 nitrogen and oxygen atoms in total. The molecular weight excluding hydrogens is 218 g/mol. The van der Waals surface area contributed by atoms with Crippen LogP contribution in [-0.4, -0.2) is 21.9 Å². The number of aryl methyl sites for hydroxylation is 2. The van der Waals surface area contributed by atoms with Crippen LogP contribution < -0.4 is 0 Å². The molecule has 1 N–H and O–H groups in total. The Morgan fingerprint density at radius 2 is 2.18 bits per heavy atom. The van der Waals surface area contributed by atoms with Crippen LogP contribution >= 0.6 is 0 Å². The first-order valence-corrected chi connectivity index (χ1v) is 5.40. The fourth-order valence-corrected chi connectivity index (χ4v) is 2.15. The molecule has 1 heterocycles. The van der Waals surface area contributed by atoms with Gasteiger partial charge in [-0.2, -0.15) is 0 Å². The van der Waals surface area contributed by atoms with Crippen molar-refractivity contribution in [1.82, 2.24) is 4.57 Å². The zero-order valence-electron chi connectivity index (χ0n) is 9.73. The molecule has 2 aromatic rings. The third-order valence-electron chi connectivity index (χ3n) is 2.91. The molecule has 1 aromatic heterocycles. The molecule has 88 valence electrons. The lowest BCUT2D eigenvalue weighted by molar-refractivity contribution is 0.0696. The van der Waals surface area contributed by atoms with Crippen LogP contribution in [0.3, 0.4) is 0 Å². The molecular formula is C13H13NO3. The fourth-order valence-electron chi connectivity index (χ4n) is 2.15.